The molecule has 1 aliphatic heterocycles. The molecule has 0 saturated carbocycles. The summed E-state index contributed by atoms with van der Waals surface area (Å²) in [7, 11) is 1.77. The minimum atomic E-state index is 0.651. The van der Waals surface area contributed by atoms with Crippen molar-refractivity contribution >= 4 is 0 Å². The summed E-state index contributed by atoms with van der Waals surface area (Å²) in [6.45, 7) is 8.70. The van der Waals surface area contributed by atoms with E-state index in [-0.39, 0.29) is 0 Å². The van der Waals surface area contributed by atoms with Gasteiger partial charge in [-0.05, 0) is 13.3 Å². The number of hydrogen-bond donors (Lipinski definition) is 1. The highest BCUT2D eigenvalue weighted by Gasteiger charge is 2.22. The van der Waals surface area contributed by atoms with Crippen molar-refractivity contribution in [2.24, 2.45) is 0 Å². The molecule has 0 aromatic rings. The van der Waals surface area contributed by atoms with Gasteiger partial charge in [-0.15, -0.1) is 0 Å². The van der Waals surface area contributed by atoms with Crippen molar-refractivity contribution in [3.05, 3.63) is 0 Å². The van der Waals surface area contributed by atoms with Crippen molar-refractivity contribution in [3.8, 4) is 0 Å². The number of nitrogens with zero attached hydrogens (tertiary/aromatic N) is 1. The molecule has 0 aromatic heterocycles. The molecule has 1 rings (SSSR count). The van der Waals surface area contributed by atoms with E-state index in [0.717, 1.165) is 19.7 Å². The van der Waals surface area contributed by atoms with E-state index in [1.165, 1.54) is 13.0 Å². The molecule has 0 aliphatic carbocycles. The Morgan fingerprint density at radius 3 is 2.92 bits per heavy atom. The molecule has 2 unspecified atom stereocenters. The summed E-state index contributed by atoms with van der Waals surface area (Å²) >= 11 is 0. The fraction of sp³-hybridized carbons (Fsp3) is 1.00. The molecule has 3 heteroatoms. The summed E-state index contributed by atoms with van der Waals surface area (Å²) < 4.78 is 5.10. The SMILES string of the molecule is CCC1CN(CCOC)C(C)CN1. The first-order chi connectivity index (χ1) is 6.27. The lowest BCUT2D eigenvalue weighted by molar-refractivity contribution is 0.0926. The van der Waals surface area contributed by atoms with Crippen LogP contribution < -0.4 is 5.32 Å². The maximum Gasteiger partial charge on any atom is 0.0589 e. The van der Waals surface area contributed by atoms with Gasteiger partial charge in [-0.1, -0.05) is 6.92 Å². The highest BCUT2D eigenvalue weighted by Crippen LogP contribution is 2.07. The average molecular weight is 186 g/mol. The molecular weight excluding hydrogens is 164 g/mol. The minimum absolute atomic E-state index is 0.651. The lowest BCUT2D eigenvalue weighted by Gasteiger charge is -2.38. The average Bonchev–Trinajstić information content (AvgIpc) is 2.17. The molecule has 1 heterocycles. The van der Waals surface area contributed by atoms with Crippen LogP contribution in [0, 0.1) is 0 Å². The van der Waals surface area contributed by atoms with Gasteiger partial charge in [0.05, 0.1) is 6.61 Å². The van der Waals surface area contributed by atoms with Crippen molar-refractivity contribution in [1.29, 1.82) is 0 Å². The predicted molar refractivity (Wildman–Crippen MR) is 55.0 cm³/mol. The van der Waals surface area contributed by atoms with Crippen LogP contribution in [-0.2, 0) is 4.74 Å². The summed E-state index contributed by atoms with van der Waals surface area (Å²) in [6.07, 6.45) is 1.22. The Morgan fingerprint density at radius 2 is 2.31 bits per heavy atom. The second-order valence-corrected chi connectivity index (χ2v) is 3.85. The van der Waals surface area contributed by atoms with Gasteiger partial charge in [-0.2, -0.15) is 0 Å². The molecule has 13 heavy (non-hydrogen) atoms. The van der Waals surface area contributed by atoms with E-state index in [1.54, 1.807) is 7.11 Å². The van der Waals surface area contributed by atoms with E-state index in [2.05, 4.69) is 24.1 Å². The van der Waals surface area contributed by atoms with Gasteiger partial charge < -0.3 is 10.1 Å². The van der Waals surface area contributed by atoms with E-state index >= 15 is 0 Å². The molecule has 0 spiro atoms. The van der Waals surface area contributed by atoms with Crippen LogP contribution in [0.5, 0.6) is 0 Å². The van der Waals surface area contributed by atoms with E-state index in [1.807, 2.05) is 0 Å². The first-order valence-electron chi connectivity index (χ1n) is 5.24. The third-order valence-electron chi connectivity index (χ3n) is 2.86. The van der Waals surface area contributed by atoms with Gasteiger partial charge in [0.15, 0.2) is 0 Å². The third-order valence-corrected chi connectivity index (χ3v) is 2.86. The quantitative estimate of drug-likeness (QED) is 0.699. The van der Waals surface area contributed by atoms with Crippen LogP contribution in [0.15, 0.2) is 0 Å². The lowest BCUT2D eigenvalue weighted by atomic mass is 10.1. The van der Waals surface area contributed by atoms with Crippen LogP contribution in [-0.4, -0.2) is 50.3 Å². The summed E-state index contributed by atoms with van der Waals surface area (Å²) in [5, 5.41) is 3.54. The number of ether oxygens (including phenoxy) is 1. The number of piperazine rings is 1. The van der Waals surface area contributed by atoms with Gasteiger partial charge in [-0.3, -0.25) is 4.90 Å². The number of methoxy groups -OCH3 is 1. The van der Waals surface area contributed by atoms with E-state index in [4.69, 9.17) is 4.74 Å². The topological polar surface area (TPSA) is 24.5 Å². The van der Waals surface area contributed by atoms with Crippen LogP contribution in [0.1, 0.15) is 20.3 Å². The Balaban J connectivity index is 2.31. The molecule has 2 atom stereocenters. The molecule has 78 valence electrons. The van der Waals surface area contributed by atoms with Crippen molar-refractivity contribution in [1.82, 2.24) is 10.2 Å². The second-order valence-electron chi connectivity index (χ2n) is 3.85. The van der Waals surface area contributed by atoms with Crippen LogP contribution >= 0.6 is 0 Å². The van der Waals surface area contributed by atoms with Crippen LogP contribution in [0.25, 0.3) is 0 Å². The monoisotopic (exact) mass is 186 g/mol. The summed E-state index contributed by atoms with van der Waals surface area (Å²) in [5.74, 6) is 0. The molecule has 0 amide bonds. The van der Waals surface area contributed by atoms with Crippen LogP contribution in [0.4, 0.5) is 0 Å². The maximum atomic E-state index is 5.10. The zero-order chi connectivity index (χ0) is 9.68. The molecule has 0 radical (unpaired) electrons. The van der Waals surface area contributed by atoms with Gasteiger partial charge >= 0.3 is 0 Å². The van der Waals surface area contributed by atoms with Gasteiger partial charge in [0, 0.05) is 38.8 Å². The maximum absolute atomic E-state index is 5.10. The Labute approximate surface area is 81.4 Å². The molecule has 0 bridgehead atoms. The largest absolute Gasteiger partial charge is 0.383 e. The molecule has 1 N–H and O–H groups in total. The van der Waals surface area contributed by atoms with E-state index < -0.39 is 0 Å². The van der Waals surface area contributed by atoms with Gasteiger partial charge in [0.2, 0.25) is 0 Å². The predicted octanol–water partition coefficient (Wildman–Crippen LogP) is 0.705. The lowest BCUT2D eigenvalue weighted by Crippen LogP contribution is -2.55. The highest BCUT2D eigenvalue weighted by molar-refractivity contribution is 4.82. The van der Waals surface area contributed by atoms with E-state index in [9.17, 15) is 0 Å². The van der Waals surface area contributed by atoms with Crippen molar-refractivity contribution in [3.63, 3.8) is 0 Å². The summed E-state index contributed by atoms with van der Waals surface area (Å²) in [4.78, 5) is 2.51. The normalized spacial score (nSPS) is 30.7. The van der Waals surface area contributed by atoms with Gasteiger partial charge in [0.25, 0.3) is 0 Å². The van der Waals surface area contributed by atoms with Gasteiger partial charge in [-0.25, -0.2) is 0 Å². The summed E-state index contributed by atoms with van der Waals surface area (Å²) in [6, 6.07) is 1.33. The zero-order valence-electron chi connectivity index (χ0n) is 9.05. The Kier molecular flexibility index (Phi) is 4.70. The molecule has 1 aliphatic rings. The number of hydrogen-bond acceptors (Lipinski definition) is 3. The van der Waals surface area contributed by atoms with Gasteiger partial charge in [0.1, 0.15) is 0 Å². The van der Waals surface area contributed by atoms with Crippen LogP contribution in [0.3, 0.4) is 0 Å². The Bertz CT molecular complexity index is 141. The fourth-order valence-electron chi connectivity index (χ4n) is 1.79. The first kappa shape index (κ1) is 11.0. The molecule has 1 saturated heterocycles. The Morgan fingerprint density at radius 1 is 1.54 bits per heavy atom. The molecule has 1 fully saturated rings. The molecule has 0 aromatic carbocycles. The second kappa shape index (κ2) is 5.58. The van der Waals surface area contributed by atoms with Crippen molar-refractivity contribution < 1.29 is 4.74 Å². The smallest absolute Gasteiger partial charge is 0.0589 e. The highest BCUT2D eigenvalue weighted by atomic mass is 16.5. The molecular formula is C10H22N2O. The van der Waals surface area contributed by atoms with Crippen molar-refractivity contribution in [2.45, 2.75) is 32.4 Å². The van der Waals surface area contributed by atoms with Crippen molar-refractivity contribution in [2.75, 3.05) is 33.4 Å². The standard InChI is InChI=1S/C10H22N2O/c1-4-10-8-12(5-6-13-3)9(2)7-11-10/h9-11H,4-8H2,1-3H3. The van der Waals surface area contributed by atoms with E-state index in [0.29, 0.717) is 12.1 Å². The fourth-order valence-corrected chi connectivity index (χ4v) is 1.79. The Hall–Kier alpha value is -0.120. The zero-order valence-corrected chi connectivity index (χ0v) is 9.05. The number of rotatable bonds is 4. The third kappa shape index (κ3) is 3.25. The molecule has 3 nitrogen and oxygen atoms in total. The number of nitrogens with one attached hydrogen (secondary N) is 1. The van der Waals surface area contributed by atoms with Crippen LogP contribution in [0.2, 0.25) is 0 Å². The summed E-state index contributed by atoms with van der Waals surface area (Å²) in [5.41, 5.74) is 0. The minimum Gasteiger partial charge on any atom is -0.383 e. The first-order valence-corrected chi connectivity index (χ1v) is 5.24.